The summed E-state index contributed by atoms with van der Waals surface area (Å²) in [5.74, 6) is -0.987. The van der Waals surface area contributed by atoms with Crippen molar-refractivity contribution in [3.05, 3.63) is 0 Å². The van der Waals surface area contributed by atoms with E-state index in [1.807, 2.05) is 0 Å². The quantitative estimate of drug-likeness (QED) is 0.110. The van der Waals surface area contributed by atoms with Crippen LogP contribution in [0.5, 0.6) is 0 Å². The van der Waals surface area contributed by atoms with Crippen LogP contribution in [0, 0.1) is 0 Å². The molecule has 0 radical (unpaired) electrons. The standard InChI is InChI=1S/C6H14N4O2.BH3O3/c7-4(5(11)12)2-1-3-10-6(8)9;2-1(3)4/h4H,1-3,7H2,(H,11,12)(H4,8,9,10);2-4H. The van der Waals surface area contributed by atoms with Crippen LogP contribution in [-0.4, -0.2) is 52.0 Å². The van der Waals surface area contributed by atoms with E-state index in [-0.39, 0.29) is 5.96 Å². The summed E-state index contributed by atoms with van der Waals surface area (Å²) in [6.07, 6.45) is 0.956. The molecule has 0 spiro atoms. The maximum absolute atomic E-state index is 10.2. The Morgan fingerprint density at radius 1 is 1.31 bits per heavy atom. The fourth-order valence-corrected chi connectivity index (χ4v) is 0.643. The van der Waals surface area contributed by atoms with Gasteiger partial charge in [-0.25, -0.2) is 0 Å². The van der Waals surface area contributed by atoms with Gasteiger partial charge in [-0.1, -0.05) is 0 Å². The first-order chi connectivity index (χ1) is 7.27. The largest absolute Gasteiger partial charge is 0.631 e. The van der Waals surface area contributed by atoms with Gasteiger partial charge in [0.15, 0.2) is 5.96 Å². The highest BCUT2D eigenvalue weighted by molar-refractivity contribution is 6.30. The minimum atomic E-state index is -2.17. The van der Waals surface area contributed by atoms with E-state index in [1.165, 1.54) is 0 Å². The van der Waals surface area contributed by atoms with Crippen LogP contribution in [0.15, 0.2) is 4.99 Å². The number of carboxylic acids is 1. The van der Waals surface area contributed by atoms with Gasteiger partial charge >= 0.3 is 13.3 Å². The van der Waals surface area contributed by atoms with Gasteiger partial charge < -0.3 is 37.4 Å². The third-order valence-electron chi connectivity index (χ3n) is 1.28. The summed E-state index contributed by atoms with van der Waals surface area (Å²) in [6, 6.07) is -0.820. The van der Waals surface area contributed by atoms with Gasteiger partial charge in [-0.15, -0.1) is 0 Å². The van der Waals surface area contributed by atoms with E-state index in [0.717, 1.165) is 0 Å². The number of hydrogen-bond donors (Lipinski definition) is 7. The Hall–Kier alpha value is -1.36. The molecule has 0 aromatic carbocycles. The number of nitrogens with zero attached hydrogens (tertiary/aromatic N) is 1. The first kappa shape index (κ1) is 17.1. The normalized spacial score (nSPS) is 10.8. The van der Waals surface area contributed by atoms with Crippen molar-refractivity contribution in [1.82, 2.24) is 0 Å². The summed E-state index contributed by atoms with van der Waals surface area (Å²) in [5, 5.41) is 29.9. The van der Waals surface area contributed by atoms with Gasteiger partial charge in [0.25, 0.3) is 0 Å². The van der Waals surface area contributed by atoms with E-state index < -0.39 is 19.3 Å². The minimum absolute atomic E-state index is 0.0129. The van der Waals surface area contributed by atoms with Crippen LogP contribution >= 0.6 is 0 Å². The van der Waals surface area contributed by atoms with E-state index in [9.17, 15) is 4.79 Å². The highest BCUT2D eigenvalue weighted by Gasteiger charge is 2.09. The van der Waals surface area contributed by atoms with Crippen molar-refractivity contribution < 1.29 is 25.0 Å². The molecule has 0 aliphatic heterocycles. The monoisotopic (exact) mass is 236 g/mol. The van der Waals surface area contributed by atoms with Crippen LogP contribution < -0.4 is 17.2 Å². The molecule has 0 rings (SSSR count). The van der Waals surface area contributed by atoms with Gasteiger partial charge in [0, 0.05) is 6.54 Å². The molecule has 0 saturated heterocycles. The van der Waals surface area contributed by atoms with E-state index in [0.29, 0.717) is 19.4 Å². The molecule has 10 N–H and O–H groups in total. The van der Waals surface area contributed by atoms with Crippen LogP contribution in [0.1, 0.15) is 12.8 Å². The molecule has 10 heteroatoms. The molecule has 1 unspecified atom stereocenters. The molecule has 0 heterocycles. The van der Waals surface area contributed by atoms with Crippen molar-refractivity contribution in [3.8, 4) is 0 Å². The summed E-state index contributed by atoms with van der Waals surface area (Å²) >= 11 is 0. The van der Waals surface area contributed by atoms with Gasteiger partial charge in [0.1, 0.15) is 6.04 Å². The summed E-state index contributed by atoms with van der Waals surface area (Å²) in [5.41, 5.74) is 15.3. The van der Waals surface area contributed by atoms with Gasteiger partial charge in [0.05, 0.1) is 0 Å². The Kier molecular flexibility index (Phi) is 10.8. The first-order valence-electron chi connectivity index (χ1n) is 4.35. The Morgan fingerprint density at radius 3 is 2.06 bits per heavy atom. The third-order valence-corrected chi connectivity index (χ3v) is 1.28. The lowest BCUT2D eigenvalue weighted by atomic mass is 10.2. The summed E-state index contributed by atoms with van der Waals surface area (Å²) in [4.78, 5) is 13.9. The average molecular weight is 236 g/mol. The van der Waals surface area contributed by atoms with Gasteiger partial charge in [-0.2, -0.15) is 0 Å². The number of carbonyl (C=O) groups is 1. The Labute approximate surface area is 92.8 Å². The molecule has 16 heavy (non-hydrogen) atoms. The van der Waals surface area contributed by atoms with Crippen molar-refractivity contribution in [2.75, 3.05) is 6.54 Å². The molecular weight excluding hydrogens is 219 g/mol. The van der Waals surface area contributed by atoms with E-state index in [2.05, 4.69) is 4.99 Å². The molecular formula is C6H17BN4O5. The zero-order chi connectivity index (χ0) is 13.1. The predicted octanol–water partition coefficient (Wildman–Crippen LogP) is -3.60. The molecule has 0 bridgehead atoms. The molecule has 94 valence electrons. The number of rotatable bonds is 5. The third kappa shape index (κ3) is 18.4. The molecule has 0 aromatic rings. The first-order valence-corrected chi connectivity index (χ1v) is 4.35. The highest BCUT2D eigenvalue weighted by atomic mass is 16.5. The van der Waals surface area contributed by atoms with Gasteiger partial charge in [-0.3, -0.25) is 9.79 Å². The van der Waals surface area contributed by atoms with Crippen molar-refractivity contribution in [2.24, 2.45) is 22.2 Å². The van der Waals surface area contributed by atoms with Gasteiger partial charge in [0.2, 0.25) is 0 Å². The maximum Gasteiger partial charge on any atom is 0.631 e. The number of aliphatic carboxylic acids is 1. The Morgan fingerprint density at radius 2 is 1.75 bits per heavy atom. The Bertz CT molecular complexity index is 218. The van der Waals surface area contributed by atoms with Crippen molar-refractivity contribution in [3.63, 3.8) is 0 Å². The van der Waals surface area contributed by atoms with E-state index in [1.54, 1.807) is 0 Å². The van der Waals surface area contributed by atoms with Crippen LogP contribution in [0.4, 0.5) is 0 Å². The highest BCUT2D eigenvalue weighted by Crippen LogP contribution is 1.94. The molecule has 0 aliphatic rings. The molecule has 0 aromatic heterocycles. The van der Waals surface area contributed by atoms with Crippen molar-refractivity contribution >= 4 is 19.3 Å². The maximum atomic E-state index is 10.2. The van der Waals surface area contributed by atoms with Crippen molar-refractivity contribution in [2.45, 2.75) is 18.9 Å². The Balaban J connectivity index is 0. The number of hydrogen-bond acceptors (Lipinski definition) is 6. The van der Waals surface area contributed by atoms with Gasteiger partial charge in [-0.05, 0) is 12.8 Å². The minimum Gasteiger partial charge on any atom is -0.480 e. The number of nitrogens with two attached hydrogens (primary N) is 3. The second-order valence-corrected chi connectivity index (χ2v) is 2.74. The molecule has 0 saturated carbocycles. The average Bonchev–Trinajstić information content (AvgIpc) is 2.10. The van der Waals surface area contributed by atoms with Crippen LogP contribution in [-0.2, 0) is 4.79 Å². The predicted molar refractivity (Wildman–Crippen MR) is 57.9 cm³/mol. The second kappa shape index (κ2) is 10.2. The zero-order valence-electron chi connectivity index (χ0n) is 8.65. The van der Waals surface area contributed by atoms with Crippen LogP contribution in [0.25, 0.3) is 0 Å². The topological polar surface area (TPSA) is 188 Å². The molecule has 0 aliphatic carbocycles. The molecule has 0 amide bonds. The molecule has 1 atom stereocenters. The lowest BCUT2D eigenvalue weighted by molar-refractivity contribution is -0.138. The smallest absolute Gasteiger partial charge is 0.480 e. The number of guanidine groups is 1. The fourth-order valence-electron chi connectivity index (χ4n) is 0.643. The zero-order valence-corrected chi connectivity index (χ0v) is 8.65. The number of aliphatic imine (C=N–C) groups is 1. The SMILES string of the molecule is NC(N)=NCCCC(N)C(=O)O.OB(O)O. The van der Waals surface area contributed by atoms with Crippen molar-refractivity contribution in [1.29, 1.82) is 0 Å². The van der Waals surface area contributed by atoms with Crippen LogP contribution in [0.2, 0.25) is 0 Å². The summed E-state index contributed by atoms with van der Waals surface area (Å²) < 4.78 is 0. The summed E-state index contributed by atoms with van der Waals surface area (Å²) in [7, 11) is -2.17. The van der Waals surface area contributed by atoms with E-state index >= 15 is 0 Å². The second-order valence-electron chi connectivity index (χ2n) is 2.74. The summed E-state index contributed by atoms with van der Waals surface area (Å²) in [6.45, 7) is 0.420. The number of carboxylic acid groups (broad SMARTS) is 1. The lowest BCUT2D eigenvalue weighted by Crippen LogP contribution is -2.30. The molecule has 9 nitrogen and oxygen atoms in total. The lowest BCUT2D eigenvalue weighted by Gasteiger charge is -2.03. The van der Waals surface area contributed by atoms with E-state index in [4.69, 9.17) is 37.4 Å². The fraction of sp³-hybridized carbons (Fsp3) is 0.667. The van der Waals surface area contributed by atoms with Crippen LogP contribution in [0.3, 0.4) is 0 Å². The molecule has 0 fully saturated rings.